The molecule has 0 amide bonds. The van der Waals surface area contributed by atoms with Gasteiger partial charge < -0.3 is 4.74 Å². The summed E-state index contributed by atoms with van der Waals surface area (Å²) >= 11 is 0. The highest BCUT2D eigenvalue weighted by atomic mass is 16.5. The van der Waals surface area contributed by atoms with Crippen LogP contribution < -0.4 is 0 Å². The van der Waals surface area contributed by atoms with E-state index in [0.29, 0.717) is 0 Å². The summed E-state index contributed by atoms with van der Waals surface area (Å²) in [5, 5.41) is 0. The van der Waals surface area contributed by atoms with Crippen LogP contribution in [-0.4, -0.2) is 13.2 Å². The number of methoxy groups -OCH3 is 1. The predicted molar refractivity (Wildman–Crippen MR) is 33.5 cm³/mol. The fourth-order valence-corrected chi connectivity index (χ4v) is 1.00. The van der Waals surface area contributed by atoms with Crippen molar-refractivity contribution in [2.75, 3.05) is 7.11 Å². The summed E-state index contributed by atoms with van der Waals surface area (Å²) in [7, 11) is 1.73. The van der Waals surface area contributed by atoms with E-state index in [4.69, 9.17) is 4.74 Å². The van der Waals surface area contributed by atoms with Gasteiger partial charge in [0.2, 0.25) is 0 Å². The highest BCUT2D eigenvalue weighted by molar-refractivity contribution is 4.78. The van der Waals surface area contributed by atoms with E-state index in [1.807, 2.05) is 0 Å². The SMILES string of the molecule is [CH2]C(OC)C1CCC1. The third-order valence-electron chi connectivity index (χ3n) is 1.98. The van der Waals surface area contributed by atoms with Crippen LogP contribution in [0.2, 0.25) is 0 Å². The van der Waals surface area contributed by atoms with Gasteiger partial charge in [0.1, 0.15) is 0 Å². The minimum absolute atomic E-state index is 0.253. The smallest absolute Gasteiger partial charge is 0.0600 e. The molecule has 0 spiro atoms. The van der Waals surface area contributed by atoms with Gasteiger partial charge in [-0.1, -0.05) is 6.42 Å². The zero-order valence-corrected chi connectivity index (χ0v) is 5.39. The van der Waals surface area contributed by atoms with E-state index in [1.54, 1.807) is 7.11 Å². The molecule has 1 unspecified atom stereocenters. The molecule has 8 heavy (non-hydrogen) atoms. The summed E-state index contributed by atoms with van der Waals surface area (Å²) in [6, 6.07) is 0. The molecule has 0 aromatic carbocycles. The highest BCUT2D eigenvalue weighted by Crippen LogP contribution is 2.30. The molecular formula is C7H13O. The Morgan fingerprint density at radius 3 is 2.38 bits per heavy atom. The number of hydrogen-bond acceptors (Lipinski definition) is 1. The van der Waals surface area contributed by atoms with Crippen molar-refractivity contribution in [1.82, 2.24) is 0 Å². The first-order valence-corrected chi connectivity index (χ1v) is 3.20. The molecule has 0 aliphatic heterocycles. The van der Waals surface area contributed by atoms with Gasteiger partial charge >= 0.3 is 0 Å². The fraction of sp³-hybridized carbons (Fsp3) is 0.857. The molecule has 1 radical (unpaired) electrons. The van der Waals surface area contributed by atoms with E-state index in [9.17, 15) is 0 Å². The molecule has 1 rings (SSSR count). The summed E-state index contributed by atoms with van der Waals surface area (Å²) in [5.41, 5.74) is 0. The standard InChI is InChI=1S/C7H13O/c1-6(8-2)7-4-3-5-7/h6-7H,1,3-5H2,2H3. The minimum atomic E-state index is 0.253. The summed E-state index contributed by atoms with van der Waals surface area (Å²) in [6.07, 6.45) is 4.27. The predicted octanol–water partition coefficient (Wildman–Crippen LogP) is 1.64. The molecule has 1 nitrogen and oxygen atoms in total. The average molecular weight is 113 g/mol. The molecule has 0 saturated heterocycles. The molecule has 1 saturated carbocycles. The topological polar surface area (TPSA) is 9.23 Å². The largest absolute Gasteiger partial charge is 0.381 e. The van der Waals surface area contributed by atoms with Gasteiger partial charge in [0, 0.05) is 7.11 Å². The van der Waals surface area contributed by atoms with Crippen LogP contribution in [0.3, 0.4) is 0 Å². The van der Waals surface area contributed by atoms with Gasteiger partial charge in [-0.2, -0.15) is 0 Å². The molecule has 0 aromatic rings. The fourth-order valence-electron chi connectivity index (χ4n) is 1.00. The van der Waals surface area contributed by atoms with Crippen molar-refractivity contribution in [2.24, 2.45) is 5.92 Å². The van der Waals surface area contributed by atoms with Crippen molar-refractivity contribution in [1.29, 1.82) is 0 Å². The Morgan fingerprint density at radius 2 is 2.25 bits per heavy atom. The van der Waals surface area contributed by atoms with Gasteiger partial charge in [-0.3, -0.25) is 0 Å². The molecule has 1 aliphatic rings. The maximum atomic E-state index is 5.04. The normalized spacial score (nSPS) is 24.8. The molecular weight excluding hydrogens is 100 g/mol. The van der Waals surface area contributed by atoms with Gasteiger partial charge in [0.25, 0.3) is 0 Å². The molecule has 1 fully saturated rings. The van der Waals surface area contributed by atoms with Crippen LogP contribution in [0.4, 0.5) is 0 Å². The van der Waals surface area contributed by atoms with Crippen molar-refractivity contribution < 1.29 is 4.74 Å². The maximum absolute atomic E-state index is 5.04. The third-order valence-corrected chi connectivity index (χ3v) is 1.98. The van der Waals surface area contributed by atoms with Crippen LogP contribution in [0.5, 0.6) is 0 Å². The van der Waals surface area contributed by atoms with Crippen molar-refractivity contribution in [3.05, 3.63) is 6.92 Å². The Morgan fingerprint density at radius 1 is 1.62 bits per heavy atom. The highest BCUT2D eigenvalue weighted by Gasteiger charge is 2.23. The zero-order chi connectivity index (χ0) is 5.98. The van der Waals surface area contributed by atoms with Gasteiger partial charge in [0.05, 0.1) is 6.10 Å². The lowest BCUT2D eigenvalue weighted by atomic mass is 9.82. The van der Waals surface area contributed by atoms with Crippen LogP contribution in [-0.2, 0) is 4.74 Å². The second-order valence-electron chi connectivity index (χ2n) is 2.47. The zero-order valence-electron chi connectivity index (χ0n) is 5.39. The number of rotatable bonds is 2. The van der Waals surface area contributed by atoms with Crippen molar-refractivity contribution in [3.8, 4) is 0 Å². The first-order valence-electron chi connectivity index (χ1n) is 3.20. The molecule has 1 aliphatic carbocycles. The lowest BCUT2D eigenvalue weighted by molar-refractivity contribution is 0.0516. The first kappa shape index (κ1) is 6.09. The molecule has 47 valence electrons. The van der Waals surface area contributed by atoms with Crippen LogP contribution in [0, 0.1) is 12.8 Å². The first-order chi connectivity index (χ1) is 3.84. The Balaban J connectivity index is 2.13. The van der Waals surface area contributed by atoms with Crippen molar-refractivity contribution in [3.63, 3.8) is 0 Å². The van der Waals surface area contributed by atoms with E-state index in [-0.39, 0.29) is 6.10 Å². The van der Waals surface area contributed by atoms with E-state index in [1.165, 1.54) is 19.3 Å². The van der Waals surface area contributed by atoms with Gasteiger partial charge in [-0.05, 0) is 25.7 Å². The summed E-state index contributed by atoms with van der Waals surface area (Å²) in [5.74, 6) is 0.764. The lowest BCUT2D eigenvalue weighted by Crippen LogP contribution is -2.25. The monoisotopic (exact) mass is 113 g/mol. The quantitative estimate of drug-likeness (QED) is 0.529. The third kappa shape index (κ3) is 1.03. The van der Waals surface area contributed by atoms with Crippen LogP contribution >= 0.6 is 0 Å². The number of ether oxygens (including phenoxy) is 1. The van der Waals surface area contributed by atoms with Gasteiger partial charge in [-0.15, -0.1) is 0 Å². The van der Waals surface area contributed by atoms with Crippen LogP contribution in [0.1, 0.15) is 19.3 Å². The van der Waals surface area contributed by atoms with E-state index >= 15 is 0 Å². The molecule has 0 N–H and O–H groups in total. The molecule has 1 heteroatoms. The van der Waals surface area contributed by atoms with Gasteiger partial charge in [0.15, 0.2) is 0 Å². The molecule has 0 bridgehead atoms. The average Bonchev–Trinajstić information content (AvgIpc) is 1.62. The second kappa shape index (κ2) is 2.49. The van der Waals surface area contributed by atoms with Crippen molar-refractivity contribution in [2.45, 2.75) is 25.4 Å². The van der Waals surface area contributed by atoms with E-state index < -0.39 is 0 Å². The Bertz CT molecular complexity index is 64.0. The Labute approximate surface area is 51.0 Å². The summed E-state index contributed by atoms with van der Waals surface area (Å²) < 4.78 is 5.04. The molecule has 0 aromatic heterocycles. The van der Waals surface area contributed by atoms with Crippen LogP contribution in [0.25, 0.3) is 0 Å². The maximum Gasteiger partial charge on any atom is 0.0600 e. The Kier molecular flexibility index (Phi) is 1.90. The van der Waals surface area contributed by atoms with Gasteiger partial charge in [-0.25, -0.2) is 0 Å². The molecule has 0 heterocycles. The van der Waals surface area contributed by atoms with E-state index in [2.05, 4.69) is 6.92 Å². The van der Waals surface area contributed by atoms with E-state index in [0.717, 1.165) is 5.92 Å². The Hall–Kier alpha value is -0.0400. The van der Waals surface area contributed by atoms with Crippen molar-refractivity contribution >= 4 is 0 Å². The van der Waals surface area contributed by atoms with Crippen LogP contribution in [0.15, 0.2) is 0 Å². The number of hydrogen-bond donors (Lipinski definition) is 0. The minimum Gasteiger partial charge on any atom is -0.381 e. The second-order valence-corrected chi connectivity index (χ2v) is 2.47. The molecule has 1 atom stereocenters. The summed E-state index contributed by atoms with van der Waals surface area (Å²) in [6.45, 7) is 3.86. The lowest BCUT2D eigenvalue weighted by Gasteiger charge is -2.29. The summed E-state index contributed by atoms with van der Waals surface area (Å²) in [4.78, 5) is 0.